The average Bonchev–Trinajstić information content (AvgIpc) is 3.39. The zero-order valence-electron chi connectivity index (χ0n) is 15.9. The molecule has 0 saturated heterocycles. The number of hydrogen-bond donors (Lipinski definition) is 2. The zero-order valence-corrected chi connectivity index (χ0v) is 15.9. The van der Waals surface area contributed by atoms with Gasteiger partial charge < -0.3 is 14.6 Å². The van der Waals surface area contributed by atoms with Crippen LogP contribution in [0.4, 0.5) is 5.82 Å². The molecule has 0 unspecified atom stereocenters. The summed E-state index contributed by atoms with van der Waals surface area (Å²) < 4.78 is 11.2. The number of carbonyl (C=O) groups excluding carboxylic acids is 1. The Morgan fingerprint density at radius 1 is 1.36 bits per heavy atom. The lowest BCUT2D eigenvalue weighted by atomic mass is 10.0. The van der Waals surface area contributed by atoms with E-state index in [0.29, 0.717) is 17.5 Å². The van der Waals surface area contributed by atoms with Gasteiger partial charge in [0.15, 0.2) is 5.82 Å². The number of rotatable bonds is 6. The van der Waals surface area contributed by atoms with E-state index in [4.69, 9.17) is 9.26 Å². The molecule has 3 heterocycles. The van der Waals surface area contributed by atoms with Crippen molar-refractivity contribution in [2.45, 2.75) is 51.6 Å². The molecule has 0 spiro atoms. The summed E-state index contributed by atoms with van der Waals surface area (Å²) in [7, 11) is 0. The second kappa shape index (κ2) is 7.84. The fraction of sp³-hybridized carbons (Fsp3) is 0.400. The second-order valence-corrected chi connectivity index (χ2v) is 7.20. The number of anilines is 1. The van der Waals surface area contributed by atoms with Gasteiger partial charge in [-0.25, -0.2) is 0 Å². The summed E-state index contributed by atoms with van der Waals surface area (Å²) in [6.07, 6.45) is 4.95. The fourth-order valence-corrected chi connectivity index (χ4v) is 3.56. The van der Waals surface area contributed by atoms with Crippen LogP contribution in [0.1, 0.15) is 48.0 Å². The number of aromatic amines is 1. The monoisotopic (exact) mass is 381 g/mol. The smallest absolute Gasteiger partial charge is 0.233 e. The highest BCUT2D eigenvalue weighted by atomic mass is 16.5. The molecule has 8 heteroatoms. The van der Waals surface area contributed by atoms with Crippen molar-refractivity contribution in [3.8, 4) is 5.75 Å². The van der Waals surface area contributed by atoms with Crippen LogP contribution in [0.2, 0.25) is 0 Å². The van der Waals surface area contributed by atoms with Gasteiger partial charge in [-0.1, -0.05) is 5.16 Å². The SMILES string of the molecule is Cc1cc(CC(=O)Nc2cc([C@H]3CC[C@@H](Oc4cccnc4C)C3)[nH]n2)on1. The average molecular weight is 381 g/mol. The summed E-state index contributed by atoms with van der Waals surface area (Å²) in [5.41, 5.74) is 2.67. The quantitative estimate of drug-likeness (QED) is 0.678. The molecule has 2 N–H and O–H groups in total. The fourth-order valence-electron chi connectivity index (χ4n) is 3.56. The van der Waals surface area contributed by atoms with E-state index in [1.54, 1.807) is 12.3 Å². The van der Waals surface area contributed by atoms with Crippen LogP contribution in [-0.4, -0.2) is 32.3 Å². The molecular weight excluding hydrogens is 358 g/mol. The van der Waals surface area contributed by atoms with Crippen molar-refractivity contribution in [3.05, 3.63) is 53.3 Å². The molecule has 0 bridgehead atoms. The van der Waals surface area contributed by atoms with Crippen molar-refractivity contribution in [1.82, 2.24) is 20.3 Å². The molecule has 4 rings (SSSR count). The predicted molar refractivity (Wildman–Crippen MR) is 102 cm³/mol. The van der Waals surface area contributed by atoms with Crippen molar-refractivity contribution in [1.29, 1.82) is 0 Å². The largest absolute Gasteiger partial charge is 0.489 e. The van der Waals surface area contributed by atoms with Crippen molar-refractivity contribution < 1.29 is 14.1 Å². The normalized spacial score (nSPS) is 18.9. The molecule has 1 amide bonds. The van der Waals surface area contributed by atoms with Crippen LogP contribution >= 0.6 is 0 Å². The first-order chi connectivity index (χ1) is 13.6. The Labute approximate surface area is 162 Å². The summed E-state index contributed by atoms with van der Waals surface area (Å²) in [4.78, 5) is 16.4. The summed E-state index contributed by atoms with van der Waals surface area (Å²) in [5.74, 6) is 2.04. The molecule has 1 aliphatic rings. The molecule has 2 atom stereocenters. The van der Waals surface area contributed by atoms with Gasteiger partial charge >= 0.3 is 0 Å². The van der Waals surface area contributed by atoms with Gasteiger partial charge in [0.2, 0.25) is 5.91 Å². The molecule has 3 aromatic heterocycles. The lowest BCUT2D eigenvalue weighted by Crippen LogP contribution is -2.14. The third-order valence-electron chi connectivity index (χ3n) is 4.95. The van der Waals surface area contributed by atoms with E-state index < -0.39 is 0 Å². The standard InChI is InChI=1S/C20H23N5O3/c1-12-8-16(28-25-12)10-20(26)22-19-11-17(23-24-19)14-5-6-15(9-14)27-18-4-3-7-21-13(18)2/h3-4,7-8,11,14-15H,5-6,9-10H2,1-2H3,(H2,22,23,24,26)/t14-,15+/m0/s1. The first-order valence-electron chi connectivity index (χ1n) is 9.42. The second-order valence-electron chi connectivity index (χ2n) is 7.20. The Kier molecular flexibility index (Phi) is 5.10. The summed E-state index contributed by atoms with van der Waals surface area (Å²) in [6.45, 7) is 3.77. The molecule has 0 aliphatic heterocycles. The van der Waals surface area contributed by atoms with Gasteiger partial charge in [-0.05, 0) is 45.2 Å². The van der Waals surface area contributed by atoms with Crippen LogP contribution in [0.5, 0.6) is 5.75 Å². The van der Waals surface area contributed by atoms with E-state index in [-0.39, 0.29) is 18.4 Å². The molecule has 1 aliphatic carbocycles. The minimum Gasteiger partial charge on any atom is -0.489 e. The number of aromatic nitrogens is 4. The molecule has 0 radical (unpaired) electrons. The number of nitrogens with zero attached hydrogens (tertiary/aromatic N) is 3. The van der Waals surface area contributed by atoms with Gasteiger partial charge in [0, 0.05) is 29.9 Å². The maximum atomic E-state index is 12.1. The summed E-state index contributed by atoms with van der Waals surface area (Å²) in [5, 5.41) is 13.8. The lowest BCUT2D eigenvalue weighted by Gasteiger charge is -2.15. The Bertz CT molecular complexity index is 964. The van der Waals surface area contributed by atoms with Crippen molar-refractivity contribution in [2.75, 3.05) is 5.32 Å². The maximum absolute atomic E-state index is 12.1. The van der Waals surface area contributed by atoms with Crippen LogP contribution in [0.3, 0.4) is 0 Å². The molecule has 146 valence electrons. The van der Waals surface area contributed by atoms with Gasteiger partial charge in [0.05, 0.1) is 23.9 Å². The number of nitrogens with one attached hydrogen (secondary N) is 2. The van der Waals surface area contributed by atoms with Gasteiger partial charge in [-0.3, -0.25) is 14.9 Å². The highest BCUT2D eigenvalue weighted by Gasteiger charge is 2.29. The number of amides is 1. The summed E-state index contributed by atoms with van der Waals surface area (Å²) in [6, 6.07) is 7.48. The van der Waals surface area contributed by atoms with E-state index in [1.165, 1.54) is 0 Å². The minimum atomic E-state index is -0.186. The van der Waals surface area contributed by atoms with E-state index >= 15 is 0 Å². The van der Waals surface area contributed by atoms with Crippen LogP contribution in [-0.2, 0) is 11.2 Å². The van der Waals surface area contributed by atoms with Crippen LogP contribution in [0, 0.1) is 13.8 Å². The number of aryl methyl sites for hydroxylation is 2. The molecule has 3 aromatic rings. The van der Waals surface area contributed by atoms with Crippen molar-refractivity contribution >= 4 is 11.7 Å². The van der Waals surface area contributed by atoms with E-state index in [1.807, 2.05) is 32.0 Å². The van der Waals surface area contributed by atoms with E-state index in [0.717, 1.165) is 42.1 Å². The Morgan fingerprint density at radius 2 is 2.25 bits per heavy atom. The summed E-state index contributed by atoms with van der Waals surface area (Å²) >= 11 is 0. The lowest BCUT2D eigenvalue weighted by molar-refractivity contribution is -0.115. The first-order valence-corrected chi connectivity index (χ1v) is 9.42. The Hall–Kier alpha value is -3.16. The Morgan fingerprint density at radius 3 is 3.04 bits per heavy atom. The number of hydrogen-bond acceptors (Lipinski definition) is 6. The van der Waals surface area contributed by atoms with E-state index in [2.05, 4.69) is 25.7 Å². The number of H-pyrrole nitrogens is 1. The third-order valence-corrected chi connectivity index (χ3v) is 4.95. The number of carbonyl (C=O) groups is 1. The van der Waals surface area contributed by atoms with Crippen LogP contribution in [0.25, 0.3) is 0 Å². The zero-order chi connectivity index (χ0) is 19.5. The van der Waals surface area contributed by atoms with Gasteiger partial charge in [-0.2, -0.15) is 5.10 Å². The van der Waals surface area contributed by atoms with E-state index in [9.17, 15) is 4.79 Å². The maximum Gasteiger partial charge on any atom is 0.233 e. The molecule has 28 heavy (non-hydrogen) atoms. The number of ether oxygens (including phenoxy) is 1. The third kappa shape index (κ3) is 4.21. The van der Waals surface area contributed by atoms with Gasteiger partial charge in [0.1, 0.15) is 11.5 Å². The highest BCUT2D eigenvalue weighted by molar-refractivity contribution is 5.91. The topological polar surface area (TPSA) is 106 Å². The van der Waals surface area contributed by atoms with Crippen LogP contribution < -0.4 is 10.1 Å². The molecule has 0 aromatic carbocycles. The van der Waals surface area contributed by atoms with Crippen molar-refractivity contribution in [2.24, 2.45) is 0 Å². The molecule has 1 saturated carbocycles. The van der Waals surface area contributed by atoms with Crippen molar-refractivity contribution in [3.63, 3.8) is 0 Å². The van der Waals surface area contributed by atoms with Gasteiger partial charge in [0.25, 0.3) is 0 Å². The molecule has 8 nitrogen and oxygen atoms in total. The predicted octanol–water partition coefficient (Wildman–Crippen LogP) is 3.31. The van der Waals surface area contributed by atoms with Gasteiger partial charge in [-0.15, -0.1) is 0 Å². The molecule has 1 fully saturated rings. The first kappa shape index (κ1) is 18.2. The highest BCUT2D eigenvalue weighted by Crippen LogP contribution is 2.36. The molecular formula is C20H23N5O3. The Balaban J connectivity index is 1.32. The minimum absolute atomic E-state index is 0.132. The number of pyridine rings is 1. The van der Waals surface area contributed by atoms with Crippen LogP contribution in [0.15, 0.2) is 35.0 Å².